The maximum absolute atomic E-state index is 10.6. The normalized spacial score (nSPS) is 8.56. The quantitative estimate of drug-likeness (QED) is 0.402. The summed E-state index contributed by atoms with van der Waals surface area (Å²) in [5.41, 5.74) is 0. The average Bonchev–Trinajstić information content (AvgIpc) is 2.15. The molecule has 0 N–H and O–H groups in total. The van der Waals surface area contributed by atoms with Gasteiger partial charge < -0.3 is 4.74 Å². The van der Waals surface area contributed by atoms with Gasteiger partial charge in [-0.1, -0.05) is 6.58 Å². The number of ketones is 3. The van der Waals surface area contributed by atoms with Gasteiger partial charge in [-0.15, -0.1) is 0 Å². The van der Waals surface area contributed by atoms with E-state index in [1.54, 1.807) is 0 Å². The fourth-order valence-corrected chi connectivity index (χ4v) is 0.942. The summed E-state index contributed by atoms with van der Waals surface area (Å²) in [6.07, 6.45) is 1.11. The molecule has 0 atom stereocenters. The smallest absolute Gasteiger partial charge is 0.329 e. The number of methoxy groups -OCH3 is 1. The molecule has 0 aromatic heterocycles. The van der Waals surface area contributed by atoms with E-state index in [4.69, 9.17) is 0 Å². The van der Waals surface area contributed by atoms with Crippen LogP contribution in [-0.4, -0.2) is 30.4 Å². The Kier molecular flexibility index (Phi) is 8.86. The Labute approximate surface area is 94.5 Å². The standard InChI is InChI=1S/C7H10O3.C4H6O2/c1-4(8)7(5(2)9)6(3)10;1-3-4(5)6-2/h7H,1-3H3;3H,1H2,2H3. The molecule has 0 rings (SSSR count). The van der Waals surface area contributed by atoms with E-state index in [0.29, 0.717) is 0 Å². The molecule has 0 aromatic rings. The monoisotopic (exact) mass is 228 g/mol. The zero-order valence-electron chi connectivity index (χ0n) is 9.90. The maximum Gasteiger partial charge on any atom is 0.329 e. The Bertz CT molecular complexity index is 270. The van der Waals surface area contributed by atoms with Crippen LogP contribution in [-0.2, 0) is 23.9 Å². The van der Waals surface area contributed by atoms with Crippen molar-refractivity contribution in [3.63, 3.8) is 0 Å². The maximum atomic E-state index is 10.6. The van der Waals surface area contributed by atoms with Gasteiger partial charge in [0.25, 0.3) is 0 Å². The zero-order valence-corrected chi connectivity index (χ0v) is 9.90. The van der Waals surface area contributed by atoms with Gasteiger partial charge in [0.15, 0.2) is 0 Å². The summed E-state index contributed by atoms with van der Waals surface area (Å²) in [6.45, 7) is 6.89. The van der Waals surface area contributed by atoms with Crippen molar-refractivity contribution < 1.29 is 23.9 Å². The van der Waals surface area contributed by atoms with Gasteiger partial charge in [-0.3, -0.25) is 14.4 Å². The largest absolute Gasteiger partial charge is 0.466 e. The highest BCUT2D eigenvalue weighted by atomic mass is 16.5. The predicted octanol–water partition coefficient (Wildman–Crippen LogP) is 0.715. The van der Waals surface area contributed by atoms with Gasteiger partial charge >= 0.3 is 5.97 Å². The molecule has 0 bridgehead atoms. The highest BCUT2D eigenvalue weighted by Crippen LogP contribution is 2.00. The second-order valence-electron chi connectivity index (χ2n) is 2.99. The third-order valence-corrected chi connectivity index (χ3v) is 1.59. The lowest BCUT2D eigenvalue weighted by molar-refractivity contribution is -0.138. The fraction of sp³-hybridized carbons (Fsp3) is 0.455. The third kappa shape index (κ3) is 7.61. The highest BCUT2D eigenvalue weighted by molar-refractivity contribution is 6.17. The molecule has 0 amide bonds. The molecule has 0 spiro atoms. The third-order valence-electron chi connectivity index (χ3n) is 1.59. The van der Waals surface area contributed by atoms with Crippen LogP contribution < -0.4 is 0 Å². The molecule has 0 saturated carbocycles. The van der Waals surface area contributed by atoms with Gasteiger partial charge in [-0.25, -0.2) is 4.79 Å². The van der Waals surface area contributed by atoms with E-state index in [2.05, 4.69) is 11.3 Å². The number of hydrogen-bond donors (Lipinski definition) is 0. The minimum absolute atomic E-state index is 0.375. The summed E-state index contributed by atoms with van der Waals surface area (Å²) in [4.78, 5) is 41.6. The van der Waals surface area contributed by atoms with Crippen LogP contribution in [0.4, 0.5) is 0 Å². The molecule has 0 aliphatic carbocycles. The Balaban J connectivity index is 0. The van der Waals surface area contributed by atoms with Crippen molar-refractivity contribution in [2.75, 3.05) is 7.11 Å². The summed E-state index contributed by atoms with van der Waals surface area (Å²) < 4.78 is 4.14. The van der Waals surface area contributed by atoms with Crippen molar-refractivity contribution in [1.29, 1.82) is 0 Å². The average molecular weight is 228 g/mol. The van der Waals surface area contributed by atoms with Crippen molar-refractivity contribution >= 4 is 23.3 Å². The molecule has 0 unspecified atom stereocenters. The number of carbonyl (C=O) groups excluding carboxylic acids is 4. The highest BCUT2D eigenvalue weighted by Gasteiger charge is 2.23. The van der Waals surface area contributed by atoms with E-state index in [1.165, 1.54) is 27.9 Å². The van der Waals surface area contributed by atoms with Crippen LogP contribution in [0.15, 0.2) is 12.7 Å². The first-order valence-corrected chi connectivity index (χ1v) is 4.49. The van der Waals surface area contributed by atoms with Gasteiger partial charge in [0.2, 0.25) is 0 Å². The van der Waals surface area contributed by atoms with Gasteiger partial charge in [0.1, 0.15) is 23.3 Å². The van der Waals surface area contributed by atoms with Crippen LogP contribution in [0.5, 0.6) is 0 Å². The van der Waals surface area contributed by atoms with E-state index in [1.807, 2.05) is 0 Å². The number of rotatable bonds is 4. The van der Waals surface area contributed by atoms with Crippen LogP contribution in [0.2, 0.25) is 0 Å². The molecular formula is C11H16O5. The van der Waals surface area contributed by atoms with Crippen LogP contribution in [0.3, 0.4) is 0 Å². The van der Waals surface area contributed by atoms with E-state index in [0.717, 1.165) is 6.08 Å². The molecule has 5 nitrogen and oxygen atoms in total. The van der Waals surface area contributed by atoms with E-state index in [-0.39, 0.29) is 17.3 Å². The molecule has 16 heavy (non-hydrogen) atoms. The SMILES string of the molecule is C=CC(=O)OC.CC(=O)C(C(C)=O)C(C)=O. The van der Waals surface area contributed by atoms with Gasteiger partial charge in [0, 0.05) is 6.08 Å². The predicted molar refractivity (Wildman–Crippen MR) is 57.7 cm³/mol. The summed E-state index contributed by atoms with van der Waals surface area (Å²) in [5.74, 6) is -2.55. The lowest BCUT2D eigenvalue weighted by atomic mass is 9.97. The summed E-state index contributed by atoms with van der Waals surface area (Å²) >= 11 is 0. The van der Waals surface area contributed by atoms with Crippen LogP contribution in [0.1, 0.15) is 20.8 Å². The molecule has 0 aliphatic rings. The van der Waals surface area contributed by atoms with Gasteiger partial charge in [-0.05, 0) is 20.8 Å². The minimum Gasteiger partial charge on any atom is -0.466 e. The van der Waals surface area contributed by atoms with Crippen LogP contribution in [0.25, 0.3) is 0 Å². The van der Waals surface area contributed by atoms with Crippen molar-refractivity contribution in [2.24, 2.45) is 5.92 Å². The molecule has 5 heteroatoms. The van der Waals surface area contributed by atoms with Gasteiger partial charge in [0.05, 0.1) is 7.11 Å². The van der Waals surface area contributed by atoms with Crippen molar-refractivity contribution in [3.8, 4) is 0 Å². The lowest BCUT2D eigenvalue weighted by Gasteiger charge is -2.02. The summed E-state index contributed by atoms with van der Waals surface area (Å²) in [7, 11) is 1.31. The van der Waals surface area contributed by atoms with E-state index < -0.39 is 11.9 Å². The van der Waals surface area contributed by atoms with Crippen LogP contribution in [0, 0.1) is 5.92 Å². The van der Waals surface area contributed by atoms with E-state index in [9.17, 15) is 19.2 Å². The van der Waals surface area contributed by atoms with Crippen molar-refractivity contribution in [3.05, 3.63) is 12.7 Å². The van der Waals surface area contributed by atoms with Crippen molar-refractivity contribution in [2.45, 2.75) is 20.8 Å². The van der Waals surface area contributed by atoms with Crippen LogP contribution >= 0.6 is 0 Å². The lowest BCUT2D eigenvalue weighted by Crippen LogP contribution is -2.26. The number of ether oxygens (including phenoxy) is 1. The Morgan fingerprint density at radius 3 is 1.31 bits per heavy atom. The number of carbonyl (C=O) groups is 4. The minimum atomic E-state index is -1.03. The molecule has 0 heterocycles. The number of esters is 1. The summed E-state index contributed by atoms with van der Waals surface area (Å²) in [6, 6.07) is 0. The second-order valence-corrected chi connectivity index (χ2v) is 2.99. The Morgan fingerprint density at radius 1 is 1.00 bits per heavy atom. The Hall–Kier alpha value is -1.78. The summed E-state index contributed by atoms with van der Waals surface area (Å²) in [5, 5.41) is 0. The molecule has 0 aliphatic heterocycles. The Morgan fingerprint density at radius 2 is 1.31 bits per heavy atom. The topological polar surface area (TPSA) is 77.5 Å². The molecule has 0 radical (unpaired) electrons. The molecular weight excluding hydrogens is 212 g/mol. The first kappa shape index (κ1) is 16.6. The molecule has 90 valence electrons. The fourth-order valence-electron chi connectivity index (χ4n) is 0.942. The van der Waals surface area contributed by atoms with Gasteiger partial charge in [-0.2, -0.15) is 0 Å². The molecule has 0 fully saturated rings. The first-order valence-electron chi connectivity index (χ1n) is 4.49. The van der Waals surface area contributed by atoms with Crippen molar-refractivity contribution in [1.82, 2.24) is 0 Å². The number of hydrogen-bond acceptors (Lipinski definition) is 5. The van der Waals surface area contributed by atoms with E-state index >= 15 is 0 Å². The molecule has 0 saturated heterocycles. The second kappa shape index (κ2) is 8.52. The first-order chi connectivity index (χ1) is 7.27. The molecule has 0 aromatic carbocycles. The number of Topliss-reactive ketones (excluding diaryl/α,β-unsaturated/α-hetero) is 3. The zero-order chi connectivity index (χ0) is 13.3.